The molecular formula is C29H37Cl3FN4O11PS3. The lowest BCUT2D eigenvalue weighted by Gasteiger charge is -2.15. The normalized spacial score (nSPS) is 13.2. The molecule has 2 heterocycles. The summed E-state index contributed by atoms with van der Waals surface area (Å²) in [5.41, 5.74) is -0.0313. The molecule has 1 aromatic heterocycles. The number of nitrogens with zero attached hydrogens (tertiary/aromatic N) is 3. The van der Waals surface area contributed by atoms with Crippen LogP contribution >= 0.6 is 65.5 Å². The molecule has 1 atom stereocenters. The van der Waals surface area contributed by atoms with Crippen molar-refractivity contribution in [1.29, 1.82) is 0 Å². The summed E-state index contributed by atoms with van der Waals surface area (Å²) in [5.74, 6) is -3.17. The first-order chi connectivity index (χ1) is 24.2. The van der Waals surface area contributed by atoms with E-state index >= 15 is 0 Å². The molecule has 23 heteroatoms. The average molecular weight is 870 g/mol. The molecule has 52 heavy (non-hydrogen) atoms. The van der Waals surface area contributed by atoms with Crippen molar-refractivity contribution in [3.8, 4) is 5.75 Å². The summed E-state index contributed by atoms with van der Waals surface area (Å²) in [6, 6.07) is 5.54. The van der Waals surface area contributed by atoms with Gasteiger partial charge in [0.2, 0.25) is 4.80 Å². The van der Waals surface area contributed by atoms with Crippen molar-refractivity contribution in [2.24, 2.45) is 4.99 Å². The molecule has 0 saturated heterocycles. The van der Waals surface area contributed by atoms with E-state index in [-0.39, 0.29) is 42.7 Å². The number of carbonyl (C=O) groups is 3. The molecule has 3 aromatic rings. The van der Waals surface area contributed by atoms with Crippen LogP contribution in [0.1, 0.15) is 23.2 Å². The highest BCUT2D eigenvalue weighted by Crippen LogP contribution is 2.34. The number of aromatic carboxylic acids is 1. The van der Waals surface area contributed by atoms with Gasteiger partial charge in [0.1, 0.15) is 24.7 Å². The number of carboxylic acids is 2. The highest BCUT2D eigenvalue weighted by molar-refractivity contribution is 8.00. The number of hydrogen-bond donors (Lipinski definition) is 4. The maximum atomic E-state index is 14.3. The SMILES string of the molecule is COC(=O)CSc1cc(/N=c2\sc(=O)n3n2CCCC3)c(F)cc1Cl.COc1c(Cl)ccc(Cl)c1C(=O)O.C[S+](C)C.O=C(O)CNCP(=O)([O-])O. The molecule has 0 aliphatic carbocycles. The lowest BCUT2D eigenvalue weighted by Crippen LogP contribution is -2.31. The maximum absolute atomic E-state index is 14.3. The molecule has 0 fully saturated rings. The minimum Gasteiger partial charge on any atom is -0.778 e. The van der Waals surface area contributed by atoms with Crippen molar-refractivity contribution in [2.75, 3.05) is 51.6 Å². The number of thioether (sulfide) groups is 1. The van der Waals surface area contributed by atoms with Gasteiger partial charge >= 0.3 is 22.8 Å². The van der Waals surface area contributed by atoms with Crippen LogP contribution in [-0.2, 0) is 42.9 Å². The van der Waals surface area contributed by atoms with Crippen LogP contribution in [0.4, 0.5) is 10.1 Å². The Bertz CT molecular complexity index is 1870. The number of hydrogen-bond acceptors (Lipinski definition) is 12. The van der Waals surface area contributed by atoms with Crippen LogP contribution in [0.3, 0.4) is 0 Å². The molecule has 0 saturated carbocycles. The zero-order chi connectivity index (χ0) is 39.8. The van der Waals surface area contributed by atoms with Gasteiger partial charge in [-0.15, -0.1) is 11.8 Å². The van der Waals surface area contributed by atoms with Gasteiger partial charge < -0.3 is 34.0 Å². The Labute approximate surface area is 324 Å². The first-order valence-electron chi connectivity index (χ1n) is 14.5. The zero-order valence-corrected chi connectivity index (χ0v) is 34.0. The van der Waals surface area contributed by atoms with Gasteiger partial charge in [0.15, 0.2) is 5.75 Å². The Hall–Kier alpha value is -2.58. The molecule has 0 radical (unpaired) electrons. The molecule has 1 aliphatic heterocycles. The summed E-state index contributed by atoms with van der Waals surface area (Å²) in [6.07, 6.45) is 7.77. The number of fused-ring (bicyclic) bond motifs is 1. The molecule has 2 aromatic carbocycles. The number of halogens is 4. The van der Waals surface area contributed by atoms with Crippen molar-refractivity contribution in [3.63, 3.8) is 0 Å². The van der Waals surface area contributed by atoms with E-state index in [4.69, 9.17) is 54.6 Å². The van der Waals surface area contributed by atoms with Gasteiger partial charge in [0, 0.05) is 18.0 Å². The standard InChI is InChI=1S/C15H15ClFN3O3S2.C8H6Cl2O3.C3H8NO5P.C3H9S/c1-23-13(21)8-24-12-7-11(10(17)6-9(12)16)18-14-19-4-2-3-5-20(19)15(22)25-14;1-13-7-5(10)3-2-4(9)6(7)8(11)12;5-3(6)1-4-2-10(7,8)9;1-4(2)3/h6-7H,2-5,8H2,1H3;2-3H,1H3,(H,11,12);4H,1-2H2,(H,5,6)(H2,7,8,9);1-3H3/q;;;+1/p-1/b18-14-;;;. The van der Waals surface area contributed by atoms with E-state index < -0.39 is 44.2 Å². The second-order valence-electron chi connectivity index (χ2n) is 10.4. The number of aromatic nitrogens is 2. The second kappa shape index (κ2) is 23.3. The molecule has 0 bridgehead atoms. The van der Waals surface area contributed by atoms with Gasteiger partial charge in [-0.3, -0.25) is 24.4 Å². The van der Waals surface area contributed by atoms with Crippen molar-refractivity contribution >= 4 is 100.0 Å². The quantitative estimate of drug-likeness (QED) is 0.0975. The summed E-state index contributed by atoms with van der Waals surface area (Å²) < 4.78 is 37.0. The molecule has 0 amide bonds. The number of ether oxygens (including phenoxy) is 2. The number of esters is 1. The summed E-state index contributed by atoms with van der Waals surface area (Å²) in [4.78, 5) is 67.0. The van der Waals surface area contributed by atoms with Crippen LogP contribution < -0.4 is 24.6 Å². The first kappa shape index (κ1) is 47.4. The third kappa shape index (κ3) is 17.0. The monoisotopic (exact) mass is 868 g/mol. The number of nitrogens with one attached hydrogen (secondary N) is 1. The maximum Gasteiger partial charge on any atom is 0.341 e. The van der Waals surface area contributed by atoms with Crippen molar-refractivity contribution in [1.82, 2.24) is 14.7 Å². The first-order valence-corrected chi connectivity index (χ1v) is 21.6. The van der Waals surface area contributed by atoms with E-state index in [1.54, 1.807) is 9.36 Å². The summed E-state index contributed by atoms with van der Waals surface area (Å²) in [6.45, 7) is 0.845. The number of benzene rings is 2. The van der Waals surface area contributed by atoms with E-state index in [0.29, 0.717) is 33.7 Å². The fourth-order valence-corrected chi connectivity index (χ4v) is 6.51. The Kier molecular flexibility index (Phi) is 21.2. The Morgan fingerprint density at radius 3 is 2.15 bits per heavy atom. The summed E-state index contributed by atoms with van der Waals surface area (Å²) in [7, 11) is -1.07. The van der Waals surface area contributed by atoms with E-state index in [1.165, 1.54) is 32.4 Å². The smallest absolute Gasteiger partial charge is 0.341 e. The van der Waals surface area contributed by atoms with E-state index in [1.807, 2.05) is 5.32 Å². The minimum absolute atomic E-state index is 0.0605. The van der Waals surface area contributed by atoms with Crippen LogP contribution in [0.2, 0.25) is 15.1 Å². The summed E-state index contributed by atoms with van der Waals surface area (Å²) in [5, 5.41) is 19.3. The van der Waals surface area contributed by atoms with Gasteiger partial charge in [0.05, 0.1) is 66.6 Å². The average Bonchev–Trinajstić information content (AvgIpc) is 3.36. The van der Waals surface area contributed by atoms with Crippen LogP contribution in [0.25, 0.3) is 0 Å². The van der Waals surface area contributed by atoms with Crippen LogP contribution in [0.15, 0.2) is 38.9 Å². The minimum atomic E-state index is -4.35. The number of methoxy groups -OCH3 is 2. The van der Waals surface area contributed by atoms with Crippen molar-refractivity contribution < 1.29 is 52.8 Å². The summed E-state index contributed by atoms with van der Waals surface area (Å²) >= 11 is 19.5. The number of rotatable bonds is 10. The van der Waals surface area contributed by atoms with Crippen LogP contribution in [0.5, 0.6) is 5.75 Å². The number of aliphatic carboxylic acids is 1. The fourth-order valence-electron chi connectivity index (χ4n) is 3.67. The Morgan fingerprint density at radius 2 is 1.65 bits per heavy atom. The molecular weight excluding hydrogens is 833 g/mol. The third-order valence-electron chi connectivity index (χ3n) is 5.75. The Balaban J connectivity index is 0.000000419. The van der Waals surface area contributed by atoms with Gasteiger partial charge in [0.25, 0.3) is 0 Å². The molecule has 1 aliphatic rings. The molecule has 4 rings (SSSR count). The lowest BCUT2D eigenvalue weighted by atomic mass is 10.2. The topological polar surface area (TPSA) is 222 Å². The molecule has 4 N–H and O–H groups in total. The predicted molar refractivity (Wildman–Crippen MR) is 201 cm³/mol. The second-order valence-corrected chi connectivity index (χ2v) is 17.6. The largest absolute Gasteiger partial charge is 0.778 e. The Morgan fingerprint density at radius 1 is 1.08 bits per heavy atom. The van der Waals surface area contributed by atoms with Gasteiger partial charge in [-0.05, 0) is 59.3 Å². The predicted octanol–water partition coefficient (Wildman–Crippen LogP) is 4.15. The molecule has 290 valence electrons. The highest BCUT2D eigenvalue weighted by atomic mass is 35.5. The van der Waals surface area contributed by atoms with Crippen molar-refractivity contribution in [2.45, 2.75) is 30.8 Å². The molecule has 0 spiro atoms. The van der Waals surface area contributed by atoms with Crippen LogP contribution in [-0.4, -0.2) is 93.9 Å². The van der Waals surface area contributed by atoms with Crippen molar-refractivity contribution in [3.05, 3.63) is 65.2 Å². The van der Waals surface area contributed by atoms with Gasteiger partial charge in [-0.2, -0.15) is 0 Å². The van der Waals surface area contributed by atoms with E-state index in [2.05, 4.69) is 28.5 Å². The fraction of sp³-hybridized carbons (Fsp3) is 0.414. The highest BCUT2D eigenvalue weighted by Gasteiger charge is 2.18. The van der Waals surface area contributed by atoms with Gasteiger partial charge in [-0.25, -0.2) is 18.9 Å². The van der Waals surface area contributed by atoms with Gasteiger partial charge in [-0.1, -0.05) is 34.8 Å². The van der Waals surface area contributed by atoms with E-state index in [9.17, 15) is 33.0 Å². The van der Waals surface area contributed by atoms with Crippen LogP contribution in [0, 0.1) is 5.82 Å². The lowest BCUT2D eigenvalue weighted by molar-refractivity contribution is -0.193. The molecule has 1 unspecified atom stereocenters. The van der Waals surface area contributed by atoms with E-state index in [0.717, 1.165) is 42.0 Å². The number of carbonyl (C=O) groups excluding carboxylic acids is 1. The number of carboxylic acid groups (broad SMARTS) is 2. The third-order valence-corrected chi connectivity index (χ3v) is 9.31. The zero-order valence-electron chi connectivity index (χ0n) is 28.4. The molecule has 15 nitrogen and oxygen atoms in total.